The van der Waals surface area contributed by atoms with Gasteiger partial charge in [0, 0.05) is 12.8 Å². The van der Waals surface area contributed by atoms with Crippen LogP contribution in [0.3, 0.4) is 0 Å². The normalized spacial score (nSPS) is 11.5. The smallest absolute Gasteiger partial charge is 0.305 e. The van der Waals surface area contributed by atoms with E-state index in [1.165, 1.54) is 70.6 Å². The van der Waals surface area contributed by atoms with Crippen LogP contribution >= 0.6 is 0 Å². The molecule has 0 rings (SSSR count). The third kappa shape index (κ3) is 54.6. The highest BCUT2D eigenvalue weighted by atomic mass is 16.6. The third-order valence-electron chi connectivity index (χ3n) is 9.42. The van der Waals surface area contributed by atoms with Crippen molar-refractivity contribution in [3.63, 3.8) is 0 Å². The summed E-state index contributed by atoms with van der Waals surface area (Å²) in [4.78, 5) is 23.5. The number of hydrogen-bond donors (Lipinski definition) is 0. The predicted octanol–water partition coefficient (Wildman–Crippen LogP) is 7.71. The van der Waals surface area contributed by atoms with Crippen molar-refractivity contribution >= 4 is 11.9 Å². The molecule has 0 bridgehead atoms. The molecule has 62 heavy (non-hydrogen) atoms. The monoisotopic (exact) mass is 897 g/mol. The summed E-state index contributed by atoms with van der Waals surface area (Å²) in [5, 5.41) is 0. The molecule has 0 saturated carbocycles. The van der Waals surface area contributed by atoms with Crippen LogP contribution in [-0.2, 0) is 71.2 Å². The highest BCUT2D eigenvalue weighted by Crippen LogP contribution is 2.13. The van der Waals surface area contributed by atoms with Crippen molar-refractivity contribution in [3.05, 3.63) is 0 Å². The standard InChI is InChI=1S/C47H92O15/c1-3-5-7-9-10-11-12-13-14-15-16-17-19-21-47(49)62-45-43-60-41-39-58-37-35-56-33-31-54-29-27-52-25-23-50-22-24-51-26-28-53-30-32-55-34-36-57-38-40-59-42-44-61-46(48)20-18-8-6-4-2/h3-45H2,1-2H3. The van der Waals surface area contributed by atoms with E-state index in [4.69, 9.17) is 61.6 Å². The van der Waals surface area contributed by atoms with E-state index in [1.54, 1.807) is 0 Å². The zero-order chi connectivity index (χ0) is 44.8. The van der Waals surface area contributed by atoms with E-state index >= 15 is 0 Å². The summed E-state index contributed by atoms with van der Waals surface area (Å²) in [6.07, 6.45) is 22.0. The molecule has 15 heteroatoms. The van der Waals surface area contributed by atoms with Gasteiger partial charge in [-0.1, -0.05) is 110 Å². The summed E-state index contributed by atoms with van der Waals surface area (Å²) in [7, 11) is 0. The fourth-order valence-corrected chi connectivity index (χ4v) is 5.86. The van der Waals surface area contributed by atoms with Gasteiger partial charge in [-0.2, -0.15) is 0 Å². The zero-order valence-electron chi connectivity index (χ0n) is 39.5. The van der Waals surface area contributed by atoms with E-state index in [-0.39, 0.29) is 25.2 Å². The lowest BCUT2D eigenvalue weighted by atomic mass is 10.0. The van der Waals surface area contributed by atoms with Gasteiger partial charge in [-0.15, -0.1) is 0 Å². The van der Waals surface area contributed by atoms with E-state index in [1.807, 2.05) is 0 Å². The molecule has 0 atom stereocenters. The number of ether oxygens (including phenoxy) is 13. The Kier molecular flexibility index (Phi) is 54.3. The summed E-state index contributed by atoms with van der Waals surface area (Å²) in [5.74, 6) is -0.290. The van der Waals surface area contributed by atoms with Crippen LogP contribution in [0.1, 0.15) is 136 Å². The molecule has 0 aromatic rings. The highest BCUT2D eigenvalue weighted by Gasteiger charge is 2.04. The summed E-state index contributed by atoms with van der Waals surface area (Å²) in [6.45, 7) is 15.4. The molecule has 0 aliphatic heterocycles. The van der Waals surface area contributed by atoms with Crippen molar-refractivity contribution in [2.75, 3.05) is 159 Å². The summed E-state index contributed by atoms with van der Waals surface area (Å²) >= 11 is 0. The molecular weight excluding hydrogens is 805 g/mol. The van der Waals surface area contributed by atoms with Crippen molar-refractivity contribution in [1.29, 1.82) is 0 Å². The topological polar surface area (TPSA) is 154 Å². The second kappa shape index (κ2) is 55.6. The molecule has 0 amide bonds. The van der Waals surface area contributed by atoms with Gasteiger partial charge in [0.25, 0.3) is 0 Å². The van der Waals surface area contributed by atoms with Gasteiger partial charge in [0.2, 0.25) is 0 Å². The Morgan fingerprint density at radius 3 is 0.597 bits per heavy atom. The van der Waals surface area contributed by atoms with Crippen molar-refractivity contribution in [2.24, 2.45) is 0 Å². The molecule has 15 nitrogen and oxygen atoms in total. The number of rotatable bonds is 55. The van der Waals surface area contributed by atoms with Gasteiger partial charge in [0.15, 0.2) is 0 Å². The molecule has 370 valence electrons. The average molecular weight is 897 g/mol. The van der Waals surface area contributed by atoms with Crippen LogP contribution < -0.4 is 0 Å². The summed E-state index contributed by atoms with van der Waals surface area (Å²) < 4.78 is 70.8. The van der Waals surface area contributed by atoms with Crippen LogP contribution in [0.5, 0.6) is 0 Å². The number of unbranched alkanes of at least 4 members (excludes halogenated alkanes) is 15. The van der Waals surface area contributed by atoms with Gasteiger partial charge in [-0.3, -0.25) is 9.59 Å². The van der Waals surface area contributed by atoms with Crippen LogP contribution in [0.25, 0.3) is 0 Å². The second-order valence-electron chi connectivity index (χ2n) is 15.0. The van der Waals surface area contributed by atoms with Crippen molar-refractivity contribution in [1.82, 2.24) is 0 Å². The van der Waals surface area contributed by atoms with Gasteiger partial charge in [0.05, 0.1) is 145 Å². The summed E-state index contributed by atoms with van der Waals surface area (Å²) in [5.41, 5.74) is 0. The molecule has 0 fully saturated rings. The lowest BCUT2D eigenvalue weighted by Crippen LogP contribution is -2.16. The van der Waals surface area contributed by atoms with E-state index in [2.05, 4.69) is 13.8 Å². The molecule has 0 saturated heterocycles. The molecule has 0 aromatic carbocycles. The summed E-state index contributed by atoms with van der Waals surface area (Å²) in [6, 6.07) is 0. The van der Waals surface area contributed by atoms with Crippen molar-refractivity contribution in [2.45, 2.75) is 136 Å². The lowest BCUT2D eigenvalue weighted by Gasteiger charge is -2.09. The first-order valence-electron chi connectivity index (χ1n) is 24.4. The van der Waals surface area contributed by atoms with Crippen molar-refractivity contribution in [3.8, 4) is 0 Å². The molecule has 0 N–H and O–H groups in total. The van der Waals surface area contributed by atoms with Crippen LogP contribution in [-0.4, -0.2) is 171 Å². The van der Waals surface area contributed by atoms with Gasteiger partial charge >= 0.3 is 11.9 Å². The fourth-order valence-electron chi connectivity index (χ4n) is 5.86. The Hall–Kier alpha value is -1.50. The van der Waals surface area contributed by atoms with Crippen LogP contribution in [0.2, 0.25) is 0 Å². The van der Waals surface area contributed by atoms with Crippen LogP contribution in [0, 0.1) is 0 Å². The van der Waals surface area contributed by atoms with Gasteiger partial charge in [0.1, 0.15) is 13.2 Å². The molecule has 0 aliphatic rings. The van der Waals surface area contributed by atoms with E-state index in [0.717, 1.165) is 38.5 Å². The minimum atomic E-state index is -0.155. The van der Waals surface area contributed by atoms with Gasteiger partial charge in [-0.25, -0.2) is 0 Å². The molecule has 0 heterocycles. The number of esters is 2. The van der Waals surface area contributed by atoms with Crippen LogP contribution in [0.4, 0.5) is 0 Å². The molecule has 0 aromatic heterocycles. The minimum absolute atomic E-state index is 0.135. The Morgan fingerprint density at radius 1 is 0.226 bits per heavy atom. The zero-order valence-corrected chi connectivity index (χ0v) is 39.5. The van der Waals surface area contributed by atoms with E-state index < -0.39 is 0 Å². The maximum absolute atomic E-state index is 11.9. The van der Waals surface area contributed by atoms with Gasteiger partial charge < -0.3 is 61.6 Å². The first-order valence-corrected chi connectivity index (χ1v) is 24.4. The number of carbonyl (C=O) groups is 2. The molecular formula is C47H92O15. The predicted molar refractivity (Wildman–Crippen MR) is 240 cm³/mol. The first kappa shape index (κ1) is 60.5. The number of hydrogen-bond acceptors (Lipinski definition) is 15. The highest BCUT2D eigenvalue weighted by molar-refractivity contribution is 5.69. The molecule has 0 radical (unpaired) electrons. The Bertz CT molecular complexity index is 869. The Labute approximate surface area is 376 Å². The van der Waals surface area contributed by atoms with E-state index in [0.29, 0.717) is 158 Å². The second-order valence-corrected chi connectivity index (χ2v) is 15.0. The maximum atomic E-state index is 11.9. The first-order chi connectivity index (χ1) is 30.7. The van der Waals surface area contributed by atoms with Crippen molar-refractivity contribution < 1.29 is 71.2 Å². The quantitative estimate of drug-likeness (QED) is 0.0432. The maximum Gasteiger partial charge on any atom is 0.305 e. The number of carbonyl (C=O) groups excluding carboxylic acids is 2. The molecule has 0 aliphatic carbocycles. The SMILES string of the molecule is CCCCCCCCCCCCCCCC(=O)OCCOCCOCCOCCOCCOCCOCCOCCOCCOCCOCCOCCOC(=O)CCCCCC. The average Bonchev–Trinajstić information content (AvgIpc) is 3.27. The Morgan fingerprint density at radius 2 is 0.387 bits per heavy atom. The largest absolute Gasteiger partial charge is 0.463 e. The van der Waals surface area contributed by atoms with Gasteiger partial charge in [-0.05, 0) is 12.8 Å². The lowest BCUT2D eigenvalue weighted by molar-refractivity contribution is -0.146. The van der Waals surface area contributed by atoms with E-state index in [9.17, 15) is 9.59 Å². The molecule has 0 unspecified atom stereocenters. The molecule has 0 spiro atoms. The van der Waals surface area contributed by atoms with Crippen LogP contribution in [0.15, 0.2) is 0 Å². The fraction of sp³-hybridized carbons (Fsp3) is 0.957. The minimum Gasteiger partial charge on any atom is -0.463 e. The third-order valence-corrected chi connectivity index (χ3v) is 9.42. The Balaban J connectivity index is 3.14.